The van der Waals surface area contributed by atoms with Crippen molar-refractivity contribution in [2.24, 2.45) is 23.2 Å². The van der Waals surface area contributed by atoms with Gasteiger partial charge in [0.1, 0.15) is 0 Å². The molecular formula is C17H32O2. The van der Waals surface area contributed by atoms with Crippen molar-refractivity contribution in [1.82, 2.24) is 0 Å². The smallest absolute Gasteiger partial charge is 0.305 e. The van der Waals surface area contributed by atoms with Gasteiger partial charge in [0.05, 0.1) is 6.61 Å². The highest BCUT2D eigenvalue weighted by Gasteiger charge is 2.35. The maximum atomic E-state index is 11.3. The molecule has 0 aromatic heterocycles. The Kier molecular flexibility index (Phi) is 6.35. The zero-order chi connectivity index (χ0) is 14.5. The first-order valence-corrected chi connectivity index (χ1v) is 8.04. The molecule has 2 heteroatoms. The predicted octanol–water partition coefficient (Wildman–Crippen LogP) is 4.82. The lowest BCUT2D eigenvalue weighted by Gasteiger charge is -2.40. The molecule has 0 radical (unpaired) electrons. The molecule has 1 aliphatic rings. The highest BCUT2D eigenvalue weighted by atomic mass is 16.5. The van der Waals surface area contributed by atoms with Crippen LogP contribution in [-0.4, -0.2) is 12.6 Å². The fraction of sp³-hybridized carbons (Fsp3) is 0.941. The molecule has 0 saturated heterocycles. The van der Waals surface area contributed by atoms with Gasteiger partial charge in [-0.05, 0) is 17.8 Å². The number of carbonyl (C=O) groups is 1. The lowest BCUT2D eigenvalue weighted by atomic mass is 9.67. The minimum absolute atomic E-state index is 0.0711. The first-order chi connectivity index (χ1) is 8.88. The van der Waals surface area contributed by atoms with Crippen LogP contribution in [0.2, 0.25) is 0 Å². The average Bonchev–Trinajstić information content (AvgIpc) is 2.44. The van der Waals surface area contributed by atoms with Gasteiger partial charge in [-0.1, -0.05) is 66.7 Å². The quantitative estimate of drug-likeness (QED) is 0.646. The van der Waals surface area contributed by atoms with Crippen LogP contribution in [0.3, 0.4) is 0 Å². The molecule has 2 atom stereocenters. The lowest BCUT2D eigenvalue weighted by molar-refractivity contribution is -0.148. The number of esters is 1. The second kappa shape index (κ2) is 7.31. The molecule has 1 fully saturated rings. The molecule has 0 spiro atoms. The van der Waals surface area contributed by atoms with Crippen LogP contribution in [0.25, 0.3) is 0 Å². The number of carbonyl (C=O) groups excluding carboxylic acids is 1. The molecule has 0 bridgehead atoms. The molecule has 0 heterocycles. The molecule has 0 N–H and O–H groups in total. The Morgan fingerprint density at radius 1 is 1.21 bits per heavy atom. The van der Waals surface area contributed by atoms with Crippen molar-refractivity contribution in [3.05, 3.63) is 0 Å². The normalized spacial score (nSPS) is 20.9. The Labute approximate surface area is 119 Å². The van der Waals surface area contributed by atoms with Crippen molar-refractivity contribution in [2.75, 3.05) is 6.61 Å². The van der Waals surface area contributed by atoms with Crippen molar-refractivity contribution in [1.29, 1.82) is 0 Å². The summed E-state index contributed by atoms with van der Waals surface area (Å²) in [5, 5.41) is 0. The van der Waals surface area contributed by atoms with E-state index in [0.717, 1.165) is 11.8 Å². The monoisotopic (exact) mass is 268 g/mol. The van der Waals surface area contributed by atoms with Gasteiger partial charge in [-0.2, -0.15) is 0 Å². The van der Waals surface area contributed by atoms with Crippen LogP contribution >= 0.6 is 0 Å². The van der Waals surface area contributed by atoms with Gasteiger partial charge in [-0.25, -0.2) is 0 Å². The second-order valence-corrected chi connectivity index (χ2v) is 7.05. The van der Waals surface area contributed by atoms with Crippen LogP contribution in [0.1, 0.15) is 73.1 Å². The first-order valence-electron chi connectivity index (χ1n) is 8.04. The zero-order valence-corrected chi connectivity index (χ0v) is 13.5. The summed E-state index contributed by atoms with van der Waals surface area (Å²) in [6.07, 6.45) is 7.45. The molecule has 0 unspecified atom stereocenters. The number of rotatable bonds is 6. The summed E-state index contributed by atoms with van der Waals surface area (Å²) >= 11 is 0. The standard InChI is InChI=1S/C17H32O2/c1-6-16(18)19-12-17(4,5)14(3)13(2)15-10-8-7-9-11-15/h13-15H,6-12H2,1-5H3/t13-,14+/m1/s1. The summed E-state index contributed by atoms with van der Waals surface area (Å²) in [6.45, 7) is 11.6. The summed E-state index contributed by atoms with van der Waals surface area (Å²) in [4.78, 5) is 11.3. The van der Waals surface area contributed by atoms with E-state index in [1.54, 1.807) is 0 Å². The number of hydrogen-bond donors (Lipinski definition) is 0. The van der Waals surface area contributed by atoms with Crippen molar-refractivity contribution in [3.63, 3.8) is 0 Å². The second-order valence-electron chi connectivity index (χ2n) is 7.05. The Morgan fingerprint density at radius 3 is 2.32 bits per heavy atom. The largest absolute Gasteiger partial charge is 0.465 e. The molecule has 0 amide bonds. The van der Waals surface area contributed by atoms with Gasteiger partial charge in [0.15, 0.2) is 0 Å². The molecule has 0 aliphatic heterocycles. The minimum atomic E-state index is -0.0782. The average molecular weight is 268 g/mol. The van der Waals surface area contributed by atoms with E-state index in [2.05, 4.69) is 27.7 Å². The molecule has 1 aliphatic carbocycles. The minimum Gasteiger partial charge on any atom is -0.465 e. The van der Waals surface area contributed by atoms with Gasteiger partial charge in [0, 0.05) is 11.8 Å². The Balaban J connectivity index is 2.52. The lowest BCUT2D eigenvalue weighted by Crippen LogP contribution is -2.35. The summed E-state index contributed by atoms with van der Waals surface area (Å²) in [7, 11) is 0. The van der Waals surface area contributed by atoms with Gasteiger partial charge in [-0.15, -0.1) is 0 Å². The first kappa shape index (κ1) is 16.5. The third-order valence-electron chi connectivity index (χ3n) is 5.31. The third kappa shape index (κ3) is 4.81. The molecule has 0 aromatic rings. The molecule has 0 aromatic carbocycles. The summed E-state index contributed by atoms with van der Waals surface area (Å²) < 4.78 is 5.38. The number of ether oxygens (including phenoxy) is 1. The SMILES string of the molecule is CCC(=O)OCC(C)(C)[C@@H](C)[C@@H](C)C1CCCCC1. The van der Waals surface area contributed by atoms with E-state index in [1.165, 1.54) is 32.1 Å². The third-order valence-corrected chi connectivity index (χ3v) is 5.31. The molecule has 2 nitrogen and oxygen atoms in total. The van der Waals surface area contributed by atoms with Crippen LogP contribution in [0.15, 0.2) is 0 Å². The van der Waals surface area contributed by atoms with Crippen LogP contribution in [-0.2, 0) is 9.53 Å². The molecular weight excluding hydrogens is 236 g/mol. The van der Waals surface area contributed by atoms with E-state index in [-0.39, 0.29) is 11.4 Å². The molecule has 1 saturated carbocycles. The van der Waals surface area contributed by atoms with E-state index in [4.69, 9.17) is 4.74 Å². The topological polar surface area (TPSA) is 26.3 Å². The van der Waals surface area contributed by atoms with Crippen molar-refractivity contribution >= 4 is 5.97 Å². The van der Waals surface area contributed by atoms with Crippen molar-refractivity contribution < 1.29 is 9.53 Å². The van der Waals surface area contributed by atoms with E-state index in [9.17, 15) is 4.79 Å². The molecule has 1 rings (SSSR count). The summed E-state index contributed by atoms with van der Waals surface area (Å²) in [5.74, 6) is 2.09. The van der Waals surface area contributed by atoms with Crippen LogP contribution in [0, 0.1) is 23.2 Å². The predicted molar refractivity (Wildman–Crippen MR) is 79.9 cm³/mol. The van der Waals surface area contributed by atoms with Gasteiger partial charge in [0.2, 0.25) is 0 Å². The Hall–Kier alpha value is -0.530. The summed E-state index contributed by atoms with van der Waals surface area (Å²) in [5.41, 5.74) is 0.0711. The highest BCUT2D eigenvalue weighted by Crippen LogP contribution is 2.41. The van der Waals surface area contributed by atoms with Gasteiger partial charge < -0.3 is 4.74 Å². The van der Waals surface area contributed by atoms with Crippen molar-refractivity contribution in [2.45, 2.75) is 73.1 Å². The number of hydrogen-bond acceptors (Lipinski definition) is 2. The maximum absolute atomic E-state index is 11.3. The highest BCUT2D eigenvalue weighted by molar-refractivity contribution is 5.68. The van der Waals surface area contributed by atoms with E-state index >= 15 is 0 Å². The molecule has 112 valence electrons. The Morgan fingerprint density at radius 2 is 1.79 bits per heavy atom. The van der Waals surface area contributed by atoms with E-state index in [0.29, 0.717) is 18.9 Å². The zero-order valence-electron chi connectivity index (χ0n) is 13.5. The van der Waals surface area contributed by atoms with Gasteiger partial charge >= 0.3 is 5.97 Å². The van der Waals surface area contributed by atoms with Crippen LogP contribution in [0.4, 0.5) is 0 Å². The fourth-order valence-corrected chi connectivity index (χ4v) is 3.28. The van der Waals surface area contributed by atoms with Gasteiger partial charge in [0.25, 0.3) is 0 Å². The van der Waals surface area contributed by atoms with Crippen LogP contribution in [0.5, 0.6) is 0 Å². The van der Waals surface area contributed by atoms with Crippen LogP contribution < -0.4 is 0 Å². The fourth-order valence-electron chi connectivity index (χ4n) is 3.28. The summed E-state index contributed by atoms with van der Waals surface area (Å²) in [6, 6.07) is 0. The van der Waals surface area contributed by atoms with Gasteiger partial charge in [-0.3, -0.25) is 4.79 Å². The van der Waals surface area contributed by atoms with E-state index < -0.39 is 0 Å². The van der Waals surface area contributed by atoms with E-state index in [1.807, 2.05) is 6.92 Å². The molecule has 19 heavy (non-hydrogen) atoms. The maximum Gasteiger partial charge on any atom is 0.305 e. The Bertz CT molecular complexity index is 277. The van der Waals surface area contributed by atoms with Crippen molar-refractivity contribution in [3.8, 4) is 0 Å².